The molecule has 116 valence electrons. The third-order valence-electron chi connectivity index (χ3n) is 6.08. The number of carbonyl (C=O) groups is 2. The smallest absolute Gasteiger partial charge is 0.309 e. The van der Waals surface area contributed by atoms with Crippen LogP contribution in [-0.2, 0) is 14.3 Å². The molecule has 5 saturated carbocycles. The molecule has 5 fully saturated rings. The fourth-order valence-corrected chi connectivity index (χ4v) is 5.42. The molecule has 4 bridgehead atoms. The lowest BCUT2D eigenvalue weighted by Gasteiger charge is -2.56. The summed E-state index contributed by atoms with van der Waals surface area (Å²) in [5.41, 5.74) is 0.352. The number of ether oxygens (including phenoxy) is 1. The van der Waals surface area contributed by atoms with Crippen molar-refractivity contribution < 1.29 is 14.3 Å². The number of esters is 1. The summed E-state index contributed by atoms with van der Waals surface area (Å²) in [7, 11) is 0. The van der Waals surface area contributed by atoms with Gasteiger partial charge in [-0.1, -0.05) is 0 Å². The molecule has 0 aromatic heterocycles. The van der Waals surface area contributed by atoms with E-state index < -0.39 is 0 Å². The average molecular weight is 291 g/mol. The largest absolute Gasteiger partial charge is 0.455 e. The van der Waals surface area contributed by atoms with Crippen LogP contribution in [0.4, 0.5) is 0 Å². The van der Waals surface area contributed by atoms with Crippen LogP contribution in [0.15, 0.2) is 0 Å². The SMILES string of the molecule is O=C(COC(=O)C1CC1)NCC12CC3CC(CC(C3)C1)C2. The van der Waals surface area contributed by atoms with Crippen LogP contribution in [0, 0.1) is 29.1 Å². The van der Waals surface area contributed by atoms with Gasteiger partial charge in [-0.15, -0.1) is 0 Å². The van der Waals surface area contributed by atoms with Gasteiger partial charge < -0.3 is 10.1 Å². The molecule has 4 nitrogen and oxygen atoms in total. The quantitative estimate of drug-likeness (QED) is 0.791. The van der Waals surface area contributed by atoms with Gasteiger partial charge >= 0.3 is 5.97 Å². The van der Waals surface area contributed by atoms with Gasteiger partial charge in [0.15, 0.2) is 6.61 Å². The summed E-state index contributed by atoms with van der Waals surface area (Å²) in [5.74, 6) is 2.46. The highest BCUT2D eigenvalue weighted by Crippen LogP contribution is 2.59. The monoisotopic (exact) mass is 291 g/mol. The first-order chi connectivity index (χ1) is 10.1. The van der Waals surface area contributed by atoms with Crippen molar-refractivity contribution in [3.63, 3.8) is 0 Å². The highest BCUT2D eigenvalue weighted by Gasteiger charge is 2.50. The van der Waals surface area contributed by atoms with Gasteiger partial charge in [-0.2, -0.15) is 0 Å². The first-order valence-electron chi connectivity index (χ1n) is 8.55. The van der Waals surface area contributed by atoms with Crippen molar-refractivity contribution in [2.45, 2.75) is 51.4 Å². The number of carbonyl (C=O) groups excluding carboxylic acids is 2. The van der Waals surface area contributed by atoms with Gasteiger partial charge in [0.05, 0.1) is 5.92 Å². The molecule has 0 aromatic carbocycles. The molecule has 0 aromatic rings. The minimum atomic E-state index is -0.194. The zero-order valence-corrected chi connectivity index (χ0v) is 12.6. The second-order valence-electron chi connectivity index (χ2n) is 8.08. The molecule has 0 saturated heterocycles. The van der Waals surface area contributed by atoms with Gasteiger partial charge in [-0.05, 0) is 74.5 Å². The van der Waals surface area contributed by atoms with E-state index in [9.17, 15) is 9.59 Å². The molecule has 0 radical (unpaired) electrons. The molecule has 21 heavy (non-hydrogen) atoms. The Labute approximate surface area is 126 Å². The summed E-state index contributed by atoms with van der Waals surface area (Å²) in [5, 5.41) is 3.04. The average Bonchev–Trinajstić information content (AvgIpc) is 3.25. The van der Waals surface area contributed by atoms with E-state index >= 15 is 0 Å². The molecule has 0 heterocycles. The zero-order valence-electron chi connectivity index (χ0n) is 12.6. The summed E-state index contributed by atoms with van der Waals surface area (Å²) in [6, 6.07) is 0. The highest BCUT2D eigenvalue weighted by atomic mass is 16.5. The van der Waals surface area contributed by atoms with Crippen LogP contribution >= 0.6 is 0 Å². The van der Waals surface area contributed by atoms with Gasteiger partial charge in [0.1, 0.15) is 0 Å². The molecule has 4 heteroatoms. The van der Waals surface area contributed by atoms with Crippen molar-refractivity contribution in [3.8, 4) is 0 Å². The number of amides is 1. The predicted octanol–water partition coefficient (Wildman–Crippen LogP) is 2.27. The number of rotatable bonds is 5. The predicted molar refractivity (Wildman–Crippen MR) is 77.3 cm³/mol. The first kappa shape index (κ1) is 13.6. The van der Waals surface area contributed by atoms with Gasteiger partial charge in [0.25, 0.3) is 5.91 Å². The van der Waals surface area contributed by atoms with Crippen LogP contribution in [0.25, 0.3) is 0 Å². The Kier molecular flexibility index (Phi) is 3.23. The summed E-state index contributed by atoms with van der Waals surface area (Å²) in [4.78, 5) is 23.3. The Balaban J connectivity index is 1.26. The molecular formula is C17H25NO3. The maximum atomic E-state index is 11.9. The van der Waals surface area contributed by atoms with Crippen molar-refractivity contribution in [1.29, 1.82) is 0 Å². The van der Waals surface area contributed by atoms with E-state index in [1.165, 1.54) is 38.5 Å². The molecule has 1 amide bonds. The fraction of sp³-hybridized carbons (Fsp3) is 0.882. The topological polar surface area (TPSA) is 55.4 Å². The molecule has 5 rings (SSSR count). The standard InChI is InChI=1S/C17H25NO3/c19-15(9-21-16(20)14-1-2-14)18-10-17-6-11-3-12(7-17)5-13(4-11)8-17/h11-14H,1-10H2,(H,18,19). The summed E-state index contributed by atoms with van der Waals surface area (Å²) >= 11 is 0. The lowest BCUT2D eigenvalue weighted by molar-refractivity contribution is -0.150. The highest BCUT2D eigenvalue weighted by molar-refractivity contribution is 5.82. The van der Waals surface area contributed by atoms with Crippen LogP contribution < -0.4 is 5.32 Å². The Morgan fingerprint density at radius 1 is 1.00 bits per heavy atom. The summed E-state index contributed by atoms with van der Waals surface area (Å²) in [6.07, 6.45) is 10.00. The molecule has 0 aliphatic heterocycles. The molecule has 0 atom stereocenters. The zero-order chi connectivity index (χ0) is 14.4. The van der Waals surface area contributed by atoms with Crippen LogP contribution in [0.5, 0.6) is 0 Å². The molecule has 5 aliphatic carbocycles. The van der Waals surface area contributed by atoms with Crippen molar-refractivity contribution in [1.82, 2.24) is 5.32 Å². The Hall–Kier alpha value is -1.06. The van der Waals surface area contributed by atoms with Gasteiger partial charge in [0.2, 0.25) is 0 Å². The number of hydrogen-bond donors (Lipinski definition) is 1. The molecule has 1 N–H and O–H groups in total. The molecule has 0 unspecified atom stereocenters. The lowest BCUT2D eigenvalue weighted by Crippen LogP contribution is -2.51. The van der Waals surface area contributed by atoms with Crippen molar-refractivity contribution in [2.75, 3.05) is 13.2 Å². The van der Waals surface area contributed by atoms with E-state index in [0.29, 0.717) is 5.41 Å². The minimum Gasteiger partial charge on any atom is -0.455 e. The second-order valence-corrected chi connectivity index (χ2v) is 8.08. The van der Waals surface area contributed by atoms with Crippen LogP contribution in [0.2, 0.25) is 0 Å². The Morgan fingerprint density at radius 3 is 2.10 bits per heavy atom. The van der Waals surface area contributed by atoms with Crippen LogP contribution in [-0.4, -0.2) is 25.0 Å². The van der Waals surface area contributed by atoms with Crippen molar-refractivity contribution in [3.05, 3.63) is 0 Å². The first-order valence-corrected chi connectivity index (χ1v) is 8.55. The van der Waals surface area contributed by atoms with Gasteiger partial charge in [-0.25, -0.2) is 0 Å². The summed E-state index contributed by atoms with van der Waals surface area (Å²) < 4.78 is 5.05. The van der Waals surface area contributed by atoms with E-state index in [1.54, 1.807) is 0 Å². The molecule has 5 aliphatic rings. The maximum absolute atomic E-state index is 11.9. The Bertz CT molecular complexity index is 420. The van der Waals surface area contributed by atoms with E-state index in [1.807, 2.05) is 0 Å². The van der Waals surface area contributed by atoms with Crippen molar-refractivity contribution in [2.24, 2.45) is 29.1 Å². The van der Waals surface area contributed by atoms with Crippen LogP contribution in [0.3, 0.4) is 0 Å². The second kappa shape index (κ2) is 4.99. The minimum absolute atomic E-state index is 0.0703. The fourth-order valence-electron chi connectivity index (χ4n) is 5.42. The van der Waals surface area contributed by atoms with Gasteiger partial charge in [0, 0.05) is 6.54 Å². The normalized spacial score (nSPS) is 40.1. The van der Waals surface area contributed by atoms with Crippen LogP contribution in [0.1, 0.15) is 51.4 Å². The summed E-state index contributed by atoms with van der Waals surface area (Å²) in [6.45, 7) is 0.692. The third-order valence-corrected chi connectivity index (χ3v) is 6.08. The number of hydrogen-bond acceptors (Lipinski definition) is 3. The van der Waals surface area contributed by atoms with E-state index in [4.69, 9.17) is 4.74 Å². The maximum Gasteiger partial charge on any atom is 0.309 e. The lowest BCUT2D eigenvalue weighted by atomic mass is 9.49. The number of nitrogens with one attached hydrogen (secondary N) is 1. The van der Waals surface area contributed by atoms with Gasteiger partial charge in [-0.3, -0.25) is 9.59 Å². The van der Waals surface area contributed by atoms with Crippen molar-refractivity contribution >= 4 is 11.9 Å². The van der Waals surface area contributed by atoms with E-state index in [0.717, 1.165) is 37.1 Å². The third kappa shape index (κ3) is 2.82. The molecular weight excluding hydrogens is 266 g/mol. The van der Waals surface area contributed by atoms with E-state index in [2.05, 4.69) is 5.32 Å². The Morgan fingerprint density at radius 2 is 1.57 bits per heavy atom. The molecule has 0 spiro atoms. The van der Waals surface area contributed by atoms with E-state index in [-0.39, 0.29) is 24.4 Å².